The second kappa shape index (κ2) is 6.98. The van der Waals surface area contributed by atoms with Gasteiger partial charge in [-0.2, -0.15) is 5.10 Å². The third kappa shape index (κ3) is 3.48. The largest absolute Gasteiger partial charge is 0.481 e. The zero-order valence-corrected chi connectivity index (χ0v) is 15.5. The van der Waals surface area contributed by atoms with Crippen LogP contribution >= 0.6 is 0 Å². The maximum Gasteiger partial charge on any atom is 0.216 e. The van der Waals surface area contributed by atoms with Crippen LogP contribution < -0.4 is 10.1 Å². The molecule has 1 fully saturated rings. The fraction of sp³-hybridized carbons (Fsp3) is 0.550. The van der Waals surface area contributed by atoms with Crippen molar-refractivity contribution >= 4 is 0 Å². The molecule has 1 aromatic heterocycles. The fourth-order valence-corrected chi connectivity index (χ4v) is 3.43. The summed E-state index contributed by atoms with van der Waals surface area (Å²) in [7, 11) is 3.68. The van der Waals surface area contributed by atoms with E-state index < -0.39 is 0 Å². The third-order valence-electron chi connectivity index (χ3n) is 4.89. The molecule has 0 radical (unpaired) electrons. The van der Waals surface area contributed by atoms with Gasteiger partial charge in [-0.15, -0.1) is 0 Å². The number of nitrogens with zero attached hydrogens (tertiary/aromatic N) is 2. The van der Waals surface area contributed by atoms with Gasteiger partial charge in [0.2, 0.25) is 5.88 Å². The molecular formula is C20H29N3O. The number of methoxy groups -OCH3 is 1. The van der Waals surface area contributed by atoms with Crippen molar-refractivity contribution in [2.24, 2.45) is 13.0 Å². The van der Waals surface area contributed by atoms with Gasteiger partial charge in [-0.1, -0.05) is 43.7 Å². The Kier molecular flexibility index (Phi) is 4.95. The Morgan fingerprint density at radius 1 is 1.25 bits per heavy atom. The van der Waals surface area contributed by atoms with Gasteiger partial charge < -0.3 is 10.1 Å². The summed E-state index contributed by atoms with van der Waals surface area (Å²) in [6.07, 6.45) is 2.62. The van der Waals surface area contributed by atoms with Crippen LogP contribution in [-0.2, 0) is 13.6 Å². The van der Waals surface area contributed by atoms with Crippen molar-refractivity contribution in [3.8, 4) is 5.88 Å². The molecular weight excluding hydrogens is 298 g/mol. The lowest BCUT2D eigenvalue weighted by atomic mass is 10.00. The standard InChI is InChI=1S/C20H29N3O/c1-13(2)18-17(20(24-5)23(4)22-18)12-21-19(16-10-11-16)15-8-6-14(3)7-9-15/h6-9,13,16,19,21H,10-12H2,1-5H3/t19-/m0/s1. The molecule has 2 aromatic rings. The Bertz CT molecular complexity index is 684. The van der Waals surface area contributed by atoms with Crippen LogP contribution in [0.25, 0.3) is 0 Å². The van der Waals surface area contributed by atoms with Crippen LogP contribution in [0.4, 0.5) is 0 Å². The number of aromatic nitrogens is 2. The van der Waals surface area contributed by atoms with Crippen LogP contribution in [0.3, 0.4) is 0 Å². The zero-order chi connectivity index (χ0) is 17.3. The Morgan fingerprint density at radius 2 is 1.92 bits per heavy atom. The Morgan fingerprint density at radius 3 is 2.46 bits per heavy atom. The van der Waals surface area contributed by atoms with Crippen LogP contribution in [0, 0.1) is 12.8 Å². The lowest BCUT2D eigenvalue weighted by molar-refractivity contribution is 0.365. The predicted molar refractivity (Wildman–Crippen MR) is 97.3 cm³/mol. The average molecular weight is 327 g/mol. The minimum Gasteiger partial charge on any atom is -0.481 e. The molecule has 1 heterocycles. The van der Waals surface area contributed by atoms with E-state index >= 15 is 0 Å². The number of rotatable bonds is 7. The van der Waals surface area contributed by atoms with Crippen molar-refractivity contribution in [2.45, 2.75) is 52.1 Å². The predicted octanol–water partition coefficient (Wildman–Crippen LogP) is 4.10. The van der Waals surface area contributed by atoms with E-state index in [-0.39, 0.29) is 0 Å². The SMILES string of the molecule is COc1c(CN[C@@H](c2ccc(C)cc2)C2CC2)c(C(C)C)nn1C. The van der Waals surface area contributed by atoms with Gasteiger partial charge in [-0.3, -0.25) is 0 Å². The lowest BCUT2D eigenvalue weighted by Crippen LogP contribution is -2.23. The molecule has 4 nitrogen and oxygen atoms in total. The molecule has 130 valence electrons. The van der Waals surface area contributed by atoms with Gasteiger partial charge in [0.05, 0.1) is 18.4 Å². The Hall–Kier alpha value is -1.81. The fourth-order valence-electron chi connectivity index (χ4n) is 3.43. The van der Waals surface area contributed by atoms with E-state index in [1.165, 1.54) is 29.5 Å². The van der Waals surface area contributed by atoms with Gasteiger partial charge in [0.25, 0.3) is 0 Å². The first-order valence-electron chi connectivity index (χ1n) is 8.91. The van der Waals surface area contributed by atoms with E-state index in [9.17, 15) is 0 Å². The summed E-state index contributed by atoms with van der Waals surface area (Å²) >= 11 is 0. The number of ether oxygens (including phenoxy) is 1. The molecule has 1 N–H and O–H groups in total. The molecule has 24 heavy (non-hydrogen) atoms. The molecule has 0 saturated heterocycles. The molecule has 1 aliphatic rings. The highest BCUT2D eigenvalue weighted by atomic mass is 16.5. The summed E-state index contributed by atoms with van der Waals surface area (Å²) in [5.74, 6) is 2.00. The van der Waals surface area contributed by atoms with Gasteiger partial charge in [-0.05, 0) is 37.2 Å². The monoisotopic (exact) mass is 327 g/mol. The third-order valence-corrected chi connectivity index (χ3v) is 4.89. The summed E-state index contributed by atoms with van der Waals surface area (Å²) < 4.78 is 7.45. The normalized spacial score (nSPS) is 15.8. The zero-order valence-electron chi connectivity index (χ0n) is 15.5. The van der Waals surface area contributed by atoms with Gasteiger partial charge in [0, 0.05) is 19.6 Å². The van der Waals surface area contributed by atoms with Crippen LogP contribution in [-0.4, -0.2) is 16.9 Å². The van der Waals surface area contributed by atoms with Crippen LogP contribution in [0.15, 0.2) is 24.3 Å². The number of hydrogen-bond donors (Lipinski definition) is 1. The van der Waals surface area contributed by atoms with Gasteiger partial charge in [-0.25, -0.2) is 4.68 Å². The molecule has 0 unspecified atom stereocenters. The first kappa shape index (κ1) is 17.0. The summed E-state index contributed by atoms with van der Waals surface area (Å²) in [6.45, 7) is 7.30. The Balaban J connectivity index is 1.81. The van der Waals surface area contributed by atoms with E-state index in [2.05, 4.69) is 55.5 Å². The summed E-state index contributed by atoms with van der Waals surface area (Å²) in [5.41, 5.74) is 5.01. The number of nitrogens with one attached hydrogen (secondary N) is 1. The average Bonchev–Trinajstić information content (AvgIpc) is 3.33. The molecule has 1 aliphatic carbocycles. The quantitative estimate of drug-likeness (QED) is 0.832. The topological polar surface area (TPSA) is 39.1 Å². The number of benzene rings is 1. The molecule has 3 rings (SSSR count). The van der Waals surface area contributed by atoms with Crippen molar-refractivity contribution in [1.29, 1.82) is 0 Å². The number of hydrogen-bond acceptors (Lipinski definition) is 3. The van der Waals surface area contributed by atoms with Gasteiger partial charge in [0.1, 0.15) is 0 Å². The summed E-state index contributed by atoms with van der Waals surface area (Å²) in [4.78, 5) is 0. The van der Waals surface area contributed by atoms with Crippen molar-refractivity contribution < 1.29 is 4.74 Å². The second-order valence-electron chi connectivity index (χ2n) is 7.26. The van der Waals surface area contributed by atoms with Crippen LogP contribution in [0.1, 0.15) is 61.0 Å². The van der Waals surface area contributed by atoms with E-state index in [0.717, 1.165) is 24.0 Å². The van der Waals surface area contributed by atoms with Crippen molar-refractivity contribution in [2.75, 3.05) is 7.11 Å². The second-order valence-corrected chi connectivity index (χ2v) is 7.26. The van der Waals surface area contributed by atoms with Crippen molar-refractivity contribution in [3.63, 3.8) is 0 Å². The maximum atomic E-state index is 5.60. The minimum atomic E-state index is 0.385. The van der Waals surface area contributed by atoms with E-state index in [1.54, 1.807) is 7.11 Å². The summed E-state index contributed by atoms with van der Waals surface area (Å²) in [6, 6.07) is 9.34. The van der Waals surface area contributed by atoms with E-state index in [4.69, 9.17) is 4.74 Å². The first-order valence-corrected chi connectivity index (χ1v) is 8.91. The molecule has 1 saturated carbocycles. The first-order chi connectivity index (χ1) is 11.5. The van der Waals surface area contributed by atoms with Gasteiger partial charge >= 0.3 is 0 Å². The van der Waals surface area contributed by atoms with Crippen molar-refractivity contribution in [1.82, 2.24) is 15.1 Å². The maximum absolute atomic E-state index is 5.60. The van der Waals surface area contributed by atoms with Crippen molar-refractivity contribution in [3.05, 3.63) is 46.6 Å². The molecule has 1 aromatic carbocycles. The molecule has 4 heteroatoms. The van der Waals surface area contributed by atoms with Crippen LogP contribution in [0.2, 0.25) is 0 Å². The van der Waals surface area contributed by atoms with Gasteiger partial charge in [0.15, 0.2) is 0 Å². The molecule has 1 atom stereocenters. The molecule has 0 bridgehead atoms. The molecule has 0 spiro atoms. The minimum absolute atomic E-state index is 0.385. The number of aryl methyl sites for hydroxylation is 2. The smallest absolute Gasteiger partial charge is 0.216 e. The highest BCUT2D eigenvalue weighted by Gasteiger charge is 2.32. The van der Waals surface area contributed by atoms with E-state index in [0.29, 0.717) is 12.0 Å². The summed E-state index contributed by atoms with van der Waals surface area (Å²) in [5, 5.41) is 8.44. The highest BCUT2D eigenvalue weighted by molar-refractivity contribution is 5.34. The van der Waals surface area contributed by atoms with E-state index in [1.807, 2.05) is 11.7 Å². The highest BCUT2D eigenvalue weighted by Crippen LogP contribution is 2.41. The van der Waals surface area contributed by atoms with Crippen LogP contribution in [0.5, 0.6) is 5.88 Å². The Labute approximate surface area is 145 Å². The lowest BCUT2D eigenvalue weighted by Gasteiger charge is -2.20. The molecule has 0 amide bonds. The molecule has 0 aliphatic heterocycles.